The Balaban J connectivity index is 2.02. The molecular formula is C15H24N2OS. The van der Waals surface area contributed by atoms with Crippen LogP contribution in [0.1, 0.15) is 38.0 Å². The van der Waals surface area contributed by atoms with Crippen molar-refractivity contribution >= 4 is 17.2 Å². The lowest BCUT2D eigenvalue weighted by Crippen LogP contribution is -2.50. The van der Waals surface area contributed by atoms with Crippen LogP contribution < -0.4 is 5.32 Å². The summed E-state index contributed by atoms with van der Waals surface area (Å²) in [5, 5.41) is 5.73. The summed E-state index contributed by atoms with van der Waals surface area (Å²) in [5.74, 6) is 1.33. The van der Waals surface area contributed by atoms with Crippen molar-refractivity contribution < 1.29 is 4.79 Å². The molecule has 0 bridgehead atoms. The first-order chi connectivity index (χ1) is 9.06. The molecule has 1 aliphatic rings. The van der Waals surface area contributed by atoms with Gasteiger partial charge in [0.15, 0.2) is 0 Å². The van der Waals surface area contributed by atoms with Gasteiger partial charge in [0.25, 0.3) is 0 Å². The monoisotopic (exact) mass is 280 g/mol. The Kier molecular flexibility index (Phi) is 4.99. The third-order valence-electron chi connectivity index (χ3n) is 3.66. The van der Waals surface area contributed by atoms with Gasteiger partial charge in [0.2, 0.25) is 5.91 Å². The van der Waals surface area contributed by atoms with Crippen molar-refractivity contribution in [1.29, 1.82) is 0 Å². The Morgan fingerprint density at radius 1 is 1.53 bits per heavy atom. The Morgan fingerprint density at radius 3 is 2.89 bits per heavy atom. The van der Waals surface area contributed by atoms with Gasteiger partial charge in [0.05, 0.1) is 0 Å². The summed E-state index contributed by atoms with van der Waals surface area (Å²) in [6.45, 7) is 8.86. The van der Waals surface area contributed by atoms with E-state index in [1.165, 1.54) is 4.88 Å². The molecule has 106 valence electrons. The fourth-order valence-corrected chi connectivity index (χ4v) is 3.47. The number of carbonyl (C=O) groups is 1. The second-order valence-corrected chi connectivity index (χ2v) is 6.85. The van der Waals surface area contributed by atoms with E-state index in [1.54, 1.807) is 18.3 Å². The molecule has 1 aromatic rings. The standard InChI is InChI=1S/C15H24N2OS/c1-11(2)8-16-14-7-13(15-5-4-6-19-15)9-17(10-14)12(3)18/h4-6,11,13-14,16H,7-10H2,1-3H3. The Bertz CT molecular complexity index is 402. The van der Waals surface area contributed by atoms with E-state index in [0.29, 0.717) is 17.9 Å². The molecule has 2 atom stereocenters. The Hall–Kier alpha value is -0.870. The van der Waals surface area contributed by atoms with Crippen LogP contribution in [0, 0.1) is 5.92 Å². The highest BCUT2D eigenvalue weighted by Gasteiger charge is 2.29. The number of rotatable bonds is 4. The minimum atomic E-state index is 0.192. The molecule has 0 aromatic carbocycles. The van der Waals surface area contributed by atoms with E-state index >= 15 is 0 Å². The van der Waals surface area contributed by atoms with Crippen molar-refractivity contribution in [3.63, 3.8) is 0 Å². The normalized spacial score (nSPS) is 23.9. The zero-order valence-electron chi connectivity index (χ0n) is 12.1. The molecule has 1 amide bonds. The summed E-state index contributed by atoms with van der Waals surface area (Å²) < 4.78 is 0. The summed E-state index contributed by atoms with van der Waals surface area (Å²) in [6.07, 6.45) is 1.14. The molecule has 2 rings (SSSR count). The van der Waals surface area contributed by atoms with Crippen molar-refractivity contribution in [3.8, 4) is 0 Å². The zero-order valence-corrected chi connectivity index (χ0v) is 12.9. The number of likely N-dealkylation sites (tertiary alicyclic amines) is 1. The molecule has 0 saturated carbocycles. The van der Waals surface area contributed by atoms with E-state index in [1.807, 2.05) is 4.90 Å². The van der Waals surface area contributed by atoms with Gasteiger partial charge in [-0.2, -0.15) is 0 Å². The van der Waals surface area contributed by atoms with Crippen LogP contribution >= 0.6 is 11.3 Å². The van der Waals surface area contributed by atoms with Gasteiger partial charge >= 0.3 is 0 Å². The fraction of sp³-hybridized carbons (Fsp3) is 0.667. The number of nitrogens with zero attached hydrogens (tertiary/aromatic N) is 1. The number of carbonyl (C=O) groups excluding carboxylic acids is 1. The number of hydrogen-bond acceptors (Lipinski definition) is 3. The molecule has 1 aromatic heterocycles. The van der Waals surface area contributed by atoms with Gasteiger partial charge in [0.1, 0.15) is 0 Å². The molecule has 2 heterocycles. The number of amides is 1. The van der Waals surface area contributed by atoms with Crippen LogP contribution in [0.2, 0.25) is 0 Å². The molecular weight excluding hydrogens is 256 g/mol. The summed E-state index contributed by atoms with van der Waals surface area (Å²) in [6, 6.07) is 4.72. The number of piperidine rings is 1. The van der Waals surface area contributed by atoms with Crippen molar-refractivity contribution in [2.24, 2.45) is 5.92 Å². The highest BCUT2D eigenvalue weighted by Crippen LogP contribution is 2.30. The van der Waals surface area contributed by atoms with Crippen LogP contribution in [0.15, 0.2) is 17.5 Å². The number of nitrogens with one attached hydrogen (secondary N) is 1. The maximum atomic E-state index is 11.7. The maximum Gasteiger partial charge on any atom is 0.219 e. The quantitative estimate of drug-likeness (QED) is 0.919. The Labute approximate surface area is 120 Å². The first-order valence-electron chi connectivity index (χ1n) is 7.08. The van der Waals surface area contributed by atoms with Gasteiger partial charge in [-0.25, -0.2) is 0 Å². The highest BCUT2D eigenvalue weighted by atomic mass is 32.1. The minimum absolute atomic E-state index is 0.192. The van der Waals surface area contributed by atoms with Gasteiger partial charge in [-0.3, -0.25) is 4.79 Å². The lowest BCUT2D eigenvalue weighted by molar-refractivity contribution is -0.130. The molecule has 0 radical (unpaired) electrons. The second kappa shape index (κ2) is 6.53. The number of thiophene rings is 1. The van der Waals surface area contributed by atoms with Crippen molar-refractivity contribution in [3.05, 3.63) is 22.4 Å². The lowest BCUT2D eigenvalue weighted by Gasteiger charge is -2.37. The smallest absolute Gasteiger partial charge is 0.219 e. The van der Waals surface area contributed by atoms with Crippen LogP contribution in [0.25, 0.3) is 0 Å². The molecule has 3 nitrogen and oxygen atoms in total. The molecule has 2 unspecified atom stereocenters. The molecule has 0 aliphatic carbocycles. The van der Waals surface area contributed by atoms with Crippen LogP contribution in [-0.4, -0.2) is 36.5 Å². The first kappa shape index (κ1) is 14.5. The molecule has 1 N–H and O–H groups in total. The van der Waals surface area contributed by atoms with Gasteiger partial charge in [-0.15, -0.1) is 11.3 Å². The average Bonchev–Trinajstić information content (AvgIpc) is 2.89. The van der Waals surface area contributed by atoms with E-state index in [0.717, 1.165) is 26.1 Å². The SMILES string of the molecule is CC(=O)N1CC(NCC(C)C)CC(c2cccs2)C1. The average molecular weight is 280 g/mol. The van der Waals surface area contributed by atoms with Crippen LogP contribution in [0.3, 0.4) is 0 Å². The first-order valence-corrected chi connectivity index (χ1v) is 7.96. The predicted octanol–water partition coefficient (Wildman–Crippen LogP) is 2.70. The third-order valence-corrected chi connectivity index (χ3v) is 4.69. The van der Waals surface area contributed by atoms with E-state index in [4.69, 9.17) is 0 Å². The van der Waals surface area contributed by atoms with Gasteiger partial charge in [0, 0.05) is 36.9 Å². The summed E-state index contributed by atoms with van der Waals surface area (Å²) in [4.78, 5) is 15.1. The van der Waals surface area contributed by atoms with E-state index in [2.05, 4.69) is 36.7 Å². The highest BCUT2D eigenvalue weighted by molar-refractivity contribution is 7.10. The summed E-state index contributed by atoms with van der Waals surface area (Å²) in [5.41, 5.74) is 0. The van der Waals surface area contributed by atoms with Crippen LogP contribution in [-0.2, 0) is 4.79 Å². The van der Waals surface area contributed by atoms with Gasteiger partial charge in [-0.05, 0) is 30.3 Å². The lowest BCUT2D eigenvalue weighted by atomic mass is 9.92. The van der Waals surface area contributed by atoms with Gasteiger partial charge < -0.3 is 10.2 Å². The molecule has 1 aliphatic heterocycles. The summed E-state index contributed by atoms with van der Waals surface area (Å²) in [7, 11) is 0. The van der Waals surface area contributed by atoms with Crippen LogP contribution in [0.4, 0.5) is 0 Å². The fourth-order valence-electron chi connectivity index (χ4n) is 2.64. The van der Waals surface area contributed by atoms with E-state index < -0.39 is 0 Å². The molecule has 1 saturated heterocycles. The van der Waals surface area contributed by atoms with E-state index in [9.17, 15) is 4.79 Å². The Morgan fingerprint density at radius 2 is 2.32 bits per heavy atom. The molecule has 19 heavy (non-hydrogen) atoms. The predicted molar refractivity (Wildman–Crippen MR) is 80.6 cm³/mol. The molecule has 0 spiro atoms. The topological polar surface area (TPSA) is 32.3 Å². The summed E-state index contributed by atoms with van der Waals surface area (Å²) >= 11 is 1.80. The van der Waals surface area contributed by atoms with Crippen molar-refractivity contribution in [1.82, 2.24) is 10.2 Å². The van der Waals surface area contributed by atoms with E-state index in [-0.39, 0.29) is 5.91 Å². The molecule has 4 heteroatoms. The number of hydrogen-bond donors (Lipinski definition) is 1. The zero-order chi connectivity index (χ0) is 13.8. The van der Waals surface area contributed by atoms with Gasteiger partial charge in [-0.1, -0.05) is 19.9 Å². The van der Waals surface area contributed by atoms with Crippen LogP contribution in [0.5, 0.6) is 0 Å². The van der Waals surface area contributed by atoms with Crippen molar-refractivity contribution in [2.45, 2.75) is 39.2 Å². The minimum Gasteiger partial charge on any atom is -0.341 e. The molecule has 1 fully saturated rings. The third kappa shape index (κ3) is 4.05. The second-order valence-electron chi connectivity index (χ2n) is 5.87. The maximum absolute atomic E-state index is 11.7. The van der Waals surface area contributed by atoms with Crippen molar-refractivity contribution in [2.75, 3.05) is 19.6 Å². The largest absolute Gasteiger partial charge is 0.341 e.